The van der Waals surface area contributed by atoms with Crippen LogP contribution in [0.4, 0.5) is 5.69 Å². The molecule has 0 N–H and O–H groups in total. The molecular formula is C24H21N3O2S2. The lowest BCUT2D eigenvalue weighted by Gasteiger charge is -2.18. The molecule has 1 aliphatic rings. The SMILES string of the molecule is Cc1cccc(-n2c(SCC(=O)N3CCc4ccccc43)nc3ccsc3c2=O)c1C. The van der Waals surface area contributed by atoms with Crippen LogP contribution in [-0.2, 0) is 11.2 Å². The van der Waals surface area contributed by atoms with Gasteiger partial charge in [0.25, 0.3) is 5.56 Å². The van der Waals surface area contributed by atoms with Gasteiger partial charge in [0, 0.05) is 12.2 Å². The minimum Gasteiger partial charge on any atom is -0.311 e. The molecule has 2 aromatic heterocycles. The zero-order chi connectivity index (χ0) is 21.5. The molecule has 1 aliphatic heterocycles. The molecule has 0 spiro atoms. The van der Waals surface area contributed by atoms with Crippen molar-refractivity contribution in [1.29, 1.82) is 0 Å². The van der Waals surface area contributed by atoms with Crippen LogP contribution in [-0.4, -0.2) is 27.8 Å². The lowest BCUT2D eigenvalue weighted by Crippen LogP contribution is -2.31. The Balaban J connectivity index is 1.52. The molecule has 0 radical (unpaired) electrons. The summed E-state index contributed by atoms with van der Waals surface area (Å²) < 4.78 is 2.29. The number of hydrogen-bond acceptors (Lipinski definition) is 5. The predicted octanol–water partition coefficient (Wildman–Crippen LogP) is 4.75. The zero-order valence-electron chi connectivity index (χ0n) is 17.3. The van der Waals surface area contributed by atoms with Gasteiger partial charge in [-0.25, -0.2) is 4.98 Å². The van der Waals surface area contributed by atoms with E-state index in [1.807, 2.05) is 66.6 Å². The number of carbonyl (C=O) groups is 1. The summed E-state index contributed by atoms with van der Waals surface area (Å²) in [5, 5.41) is 2.43. The van der Waals surface area contributed by atoms with E-state index in [2.05, 4.69) is 6.07 Å². The van der Waals surface area contributed by atoms with Gasteiger partial charge in [0.2, 0.25) is 5.91 Å². The first-order valence-electron chi connectivity index (χ1n) is 10.1. The lowest BCUT2D eigenvalue weighted by atomic mass is 10.1. The first kappa shape index (κ1) is 20.0. The number of aromatic nitrogens is 2. The van der Waals surface area contributed by atoms with Gasteiger partial charge >= 0.3 is 0 Å². The third-order valence-corrected chi connectivity index (χ3v) is 7.59. The molecule has 1 amide bonds. The van der Waals surface area contributed by atoms with E-state index in [9.17, 15) is 9.59 Å². The van der Waals surface area contributed by atoms with E-state index in [-0.39, 0.29) is 17.2 Å². The minimum atomic E-state index is -0.0878. The Morgan fingerprint density at radius 3 is 2.77 bits per heavy atom. The van der Waals surface area contributed by atoms with E-state index in [0.717, 1.165) is 28.9 Å². The maximum atomic E-state index is 13.4. The van der Waals surface area contributed by atoms with Gasteiger partial charge in [-0.15, -0.1) is 11.3 Å². The van der Waals surface area contributed by atoms with Crippen LogP contribution in [0.2, 0.25) is 0 Å². The van der Waals surface area contributed by atoms with Crippen LogP contribution in [0.3, 0.4) is 0 Å². The highest BCUT2D eigenvalue weighted by molar-refractivity contribution is 7.99. The van der Waals surface area contributed by atoms with Gasteiger partial charge in [0.15, 0.2) is 5.16 Å². The highest BCUT2D eigenvalue weighted by atomic mass is 32.2. The van der Waals surface area contributed by atoms with Crippen molar-refractivity contribution >= 4 is 44.9 Å². The summed E-state index contributed by atoms with van der Waals surface area (Å²) in [6.45, 7) is 4.73. The number of aryl methyl sites for hydroxylation is 1. The normalized spacial score (nSPS) is 13.0. The Morgan fingerprint density at radius 2 is 1.90 bits per heavy atom. The Bertz CT molecular complexity index is 1370. The quantitative estimate of drug-likeness (QED) is 0.335. The Labute approximate surface area is 188 Å². The van der Waals surface area contributed by atoms with E-state index in [1.165, 1.54) is 28.7 Å². The number of rotatable bonds is 4. The molecule has 5 nitrogen and oxygen atoms in total. The first-order valence-corrected chi connectivity index (χ1v) is 12.0. The summed E-state index contributed by atoms with van der Waals surface area (Å²) >= 11 is 2.72. The van der Waals surface area contributed by atoms with Crippen LogP contribution in [0.1, 0.15) is 16.7 Å². The van der Waals surface area contributed by atoms with Crippen molar-refractivity contribution in [3.63, 3.8) is 0 Å². The third-order valence-electron chi connectivity index (χ3n) is 5.78. The average Bonchev–Trinajstić information content (AvgIpc) is 3.42. The van der Waals surface area contributed by atoms with Gasteiger partial charge in [-0.1, -0.05) is 42.1 Å². The molecule has 5 rings (SSSR count). The molecule has 0 fully saturated rings. The van der Waals surface area contributed by atoms with Crippen LogP contribution >= 0.6 is 23.1 Å². The fraction of sp³-hybridized carbons (Fsp3) is 0.208. The predicted molar refractivity (Wildman–Crippen MR) is 128 cm³/mol. The molecule has 2 aromatic carbocycles. The molecule has 0 bridgehead atoms. The second-order valence-electron chi connectivity index (χ2n) is 7.60. The van der Waals surface area contributed by atoms with Crippen molar-refractivity contribution in [2.75, 3.05) is 17.2 Å². The van der Waals surface area contributed by atoms with E-state index < -0.39 is 0 Å². The number of hydrogen-bond donors (Lipinski definition) is 0. The number of thioether (sulfide) groups is 1. The summed E-state index contributed by atoms with van der Waals surface area (Å²) in [4.78, 5) is 33.0. The molecule has 7 heteroatoms. The van der Waals surface area contributed by atoms with Crippen LogP contribution in [0.25, 0.3) is 15.9 Å². The molecule has 0 saturated carbocycles. The number of thiophene rings is 1. The summed E-state index contributed by atoms with van der Waals surface area (Å²) in [5.41, 5.74) is 5.73. The van der Waals surface area contributed by atoms with Gasteiger partial charge < -0.3 is 4.90 Å². The minimum absolute atomic E-state index is 0.0297. The monoisotopic (exact) mass is 447 g/mol. The largest absolute Gasteiger partial charge is 0.311 e. The summed E-state index contributed by atoms with van der Waals surface area (Å²) in [7, 11) is 0. The van der Waals surface area contributed by atoms with Gasteiger partial charge in [-0.05, 0) is 60.5 Å². The highest BCUT2D eigenvalue weighted by Crippen LogP contribution is 2.30. The summed E-state index contributed by atoms with van der Waals surface area (Å²) in [6.07, 6.45) is 0.874. The van der Waals surface area contributed by atoms with E-state index >= 15 is 0 Å². The van der Waals surface area contributed by atoms with Gasteiger partial charge in [-0.2, -0.15) is 0 Å². The number of para-hydroxylation sites is 1. The smallest absolute Gasteiger partial charge is 0.276 e. The Kier molecular flexibility index (Phi) is 5.16. The molecular weight excluding hydrogens is 426 g/mol. The lowest BCUT2D eigenvalue weighted by molar-refractivity contribution is -0.116. The summed E-state index contributed by atoms with van der Waals surface area (Å²) in [6, 6.07) is 15.8. The van der Waals surface area contributed by atoms with Crippen LogP contribution in [0, 0.1) is 13.8 Å². The maximum Gasteiger partial charge on any atom is 0.276 e. The molecule has 0 unspecified atom stereocenters. The second kappa shape index (κ2) is 7.98. The van der Waals surface area contributed by atoms with Crippen LogP contribution in [0.15, 0.2) is 63.9 Å². The molecule has 0 saturated heterocycles. The van der Waals surface area contributed by atoms with Crippen molar-refractivity contribution < 1.29 is 4.79 Å². The molecule has 3 heterocycles. The second-order valence-corrected chi connectivity index (χ2v) is 9.46. The number of fused-ring (bicyclic) bond motifs is 2. The van der Waals surface area contributed by atoms with Crippen molar-refractivity contribution in [1.82, 2.24) is 9.55 Å². The fourth-order valence-corrected chi connectivity index (χ4v) is 5.62. The maximum absolute atomic E-state index is 13.4. The number of nitrogens with zero attached hydrogens (tertiary/aromatic N) is 3. The van der Waals surface area contributed by atoms with Crippen LogP contribution < -0.4 is 10.5 Å². The first-order chi connectivity index (χ1) is 15.0. The van der Waals surface area contributed by atoms with Crippen molar-refractivity contribution in [2.24, 2.45) is 0 Å². The molecule has 0 aliphatic carbocycles. The average molecular weight is 448 g/mol. The highest BCUT2D eigenvalue weighted by Gasteiger charge is 2.25. The van der Waals surface area contributed by atoms with Gasteiger partial charge in [0.1, 0.15) is 4.70 Å². The Hall–Kier alpha value is -2.90. The van der Waals surface area contributed by atoms with Crippen molar-refractivity contribution in [3.8, 4) is 5.69 Å². The molecule has 156 valence electrons. The number of carbonyl (C=O) groups excluding carboxylic acids is 1. The zero-order valence-corrected chi connectivity index (χ0v) is 18.9. The molecule has 31 heavy (non-hydrogen) atoms. The van der Waals surface area contributed by atoms with Gasteiger partial charge in [-0.3, -0.25) is 14.2 Å². The number of anilines is 1. The number of amides is 1. The van der Waals surface area contributed by atoms with E-state index in [4.69, 9.17) is 4.98 Å². The van der Waals surface area contributed by atoms with E-state index in [0.29, 0.717) is 21.9 Å². The van der Waals surface area contributed by atoms with Crippen molar-refractivity contribution in [3.05, 3.63) is 81.0 Å². The standard InChI is InChI=1S/C24H21N3O2S2/c1-15-6-5-9-19(16(15)2)27-23(29)22-18(11-13-30-22)25-24(27)31-14-21(28)26-12-10-17-7-3-4-8-20(17)26/h3-9,11,13H,10,12,14H2,1-2H3. The Morgan fingerprint density at radius 1 is 1.10 bits per heavy atom. The third kappa shape index (κ3) is 3.47. The van der Waals surface area contributed by atoms with E-state index in [1.54, 1.807) is 4.57 Å². The fourth-order valence-electron chi connectivity index (χ4n) is 3.98. The molecule has 0 atom stereocenters. The summed E-state index contributed by atoms with van der Waals surface area (Å²) in [5.74, 6) is 0.253. The molecule has 4 aromatic rings. The van der Waals surface area contributed by atoms with Crippen LogP contribution in [0.5, 0.6) is 0 Å². The number of benzene rings is 2. The topological polar surface area (TPSA) is 55.2 Å². The van der Waals surface area contributed by atoms with Crippen molar-refractivity contribution in [2.45, 2.75) is 25.4 Å². The van der Waals surface area contributed by atoms with Gasteiger partial charge in [0.05, 0.1) is 17.0 Å².